The third-order valence-corrected chi connectivity index (χ3v) is 5.35. The number of likely N-dealkylation sites (tertiary alicyclic amines) is 1. The molecule has 1 heterocycles. The second kappa shape index (κ2) is 9.87. The Balaban J connectivity index is 1.63. The lowest BCUT2D eigenvalue weighted by Gasteiger charge is -2.35. The zero-order chi connectivity index (χ0) is 21.0. The molecule has 0 radical (unpaired) electrons. The Morgan fingerprint density at radius 2 is 1.66 bits per heavy atom. The molecule has 0 aromatic heterocycles. The van der Waals surface area contributed by atoms with Crippen LogP contribution < -0.4 is 5.32 Å². The van der Waals surface area contributed by atoms with Crippen LogP contribution in [0.2, 0.25) is 0 Å². The van der Waals surface area contributed by atoms with Crippen LogP contribution in [0.1, 0.15) is 17.2 Å². The maximum absolute atomic E-state index is 13.3. The maximum Gasteiger partial charge on any atom is 0.253 e. The van der Waals surface area contributed by atoms with Crippen molar-refractivity contribution in [2.75, 3.05) is 19.8 Å². The highest BCUT2D eigenvalue weighted by Crippen LogP contribution is 2.25. The monoisotopic (exact) mass is 440 g/mol. The van der Waals surface area contributed by atoms with E-state index in [0.29, 0.717) is 18.7 Å². The summed E-state index contributed by atoms with van der Waals surface area (Å²) in [7, 11) is 0. The van der Waals surface area contributed by atoms with Crippen molar-refractivity contribution in [1.29, 1.82) is 0 Å². The van der Waals surface area contributed by atoms with E-state index in [1.807, 2.05) is 36.4 Å². The summed E-state index contributed by atoms with van der Waals surface area (Å²) in [6, 6.07) is 14.1. The smallest absolute Gasteiger partial charge is 0.253 e. The Kier molecular flexibility index (Phi) is 7.49. The number of aliphatic hydroxyl groups is 2. The first-order valence-electron chi connectivity index (χ1n) is 9.29. The quantitative estimate of drug-likeness (QED) is 0.551. The molecule has 0 aliphatic carbocycles. The topological polar surface area (TPSA) is 72.8 Å². The Bertz CT molecular complexity index is 812. The van der Waals surface area contributed by atoms with E-state index >= 15 is 0 Å². The van der Waals surface area contributed by atoms with Gasteiger partial charge in [-0.3, -0.25) is 9.69 Å². The van der Waals surface area contributed by atoms with Gasteiger partial charge in [0.2, 0.25) is 0 Å². The van der Waals surface area contributed by atoms with E-state index in [4.69, 9.17) is 23.2 Å². The first kappa shape index (κ1) is 22.0. The summed E-state index contributed by atoms with van der Waals surface area (Å²) >= 11 is 10.9. The Morgan fingerprint density at radius 1 is 1.10 bits per heavy atom. The number of carbonyl (C=O) groups excluding carboxylic acids is 1. The number of rotatable bonds is 8. The highest BCUT2D eigenvalue weighted by molar-refractivity contribution is 6.53. The lowest BCUT2D eigenvalue weighted by molar-refractivity contribution is -0.121. The van der Waals surface area contributed by atoms with Gasteiger partial charge < -0.3 is 15.5 Å². The fourth-order valence-electron chi connectivity index (χ4n) is 3.29. The minimum Gasteiger partial charge on any atom is -0.390 e. The summed E-state index contributed by atoms with van der Waals surface area (Å²) < 4.78 is 13.3. The number of aliphatic hydroxyl groups excluding tert-OH is 2. The molecule has 1 fully saturated rings. The van der Waals surface area contributed by atoms with E-state index in [2.05, 4.69) is 10.2 Å². The van der Waals surface area contributed by atoms with Crippen molar-refractivity contribution in [2.45, 2.75) is 29.6 Å². The molecule has 0 bridgehead atoms. The van der Waals surface area contributed by atoms with Gasteiger partial charge in [-0.05, 0) is 22.3 Å². The minimum absolute atomic E-state index is 0.209. The van der Waals surface area contributed by atoms with E-state index in [9.17, 15) is 19.4 Å². The van der Waals surface area contributed by atoms with Gasteiger partial charge in [0.05, 0.1) is 12.1 Å². The number of benzene rings is 2. The summed E-state index contributed by atoms with van der Waals surface area (Å²) in [6.45, 7) is 1.28. The average Bonchev–Trinajstić information content (AvgIpc) is 2.70. The van der Waals surface area contributed by atoms with Gasteiger partial charge in [-0.1, -0.05) is 71.7 Å². The zero-order valence-electron chi connectivity index (χ0n) is 15.6. The Hall–Kier alpha value is -1.70. The summed E-state index contributed by atoms with van der Waals surface area (Å²) in [5.74, 6) is -0.750. The molecule has 156 valence electrons. The average molecular weight is 441 g/mol. The van der Waals surface area contributed by atoms with Crippen LogP contribution in [0.25, 0.3) is 11.1 Å². The van der Waals surface area contributed by atoms with Gasteiger partial charge in [-0.15, -0.1) is 0 Å². The SMILES string of the molecule is O=C(NC(CF)C(O)c1ccc(-c2ccc(CN3CC(O)C3)cc2)cc1)C(Cl)Cl. The fourth-order valence-corrected chi connectivity index (χ4v) is 3.41. The van der Waals surface area contributed by atoms with Gasteiger partial charge in [-0.2, -0.15) is 0 Å². The molecule has 1 amide bonds. The summed E-state index contributed by atoms with van der Waals surface area (Å²) in [5.41, 5.74) is 3.62. The molecule has 0 saturated carbocycles. The first-order chi connectivity index (χ1) is 13.9. The van der Waals surface area contributed by atoms with E-state index in [1.54, 1.807) is 12.1 Å². The van der Waals surface area contributed by atoms with Crippen LogP contribution in [0.4, 0.5) is 4.39 Å². The first-order valence-corrected chi connectivity index (χ1v) is 10.2. The Morgan fingerprint density at radius 3 is 2.14 bits per heavy atom. The van der Waals surface area contributed by atoms with Crippen LogP contribution in [-0.2, 0) is 11.3 Å². The summed E-state index contributed by atoms with van der Waals surface area (Å²) in [4.78, 5) is 12.4. The molecular weight excluding hydrogens is 418 g/mol. The summed E-state index contributed by atoms with van der Waals surface area (Å²) in [5, 5.41) is 22.0. The third-order valence-electron chi connectivity index (χ3n) is 4.96. The predicted octanol–water partition coefficient (Wildman–Crippen LogP) is 2.82. The van der Waals surface area contributed by atoms with Crippen LogP contribution >= 0.6 is 23.2 Å². The number of β-amino-alcohol motifs (C(OH)–C–C–N with tert-alkyl or cyclic N) is 1. The third kappa shape index (κ3) is 5.68. The number of hydrogen-bond acceptors (Lipinski definition) is 4. The van der Waals surface area contributed by atoms with Crippen LogP contribution in [0.5, 0.6) is 0 Å². The number of amides is 1. The molecule has 29 heavy (non-hydrogen) atoms. The van der Waals surface area contributed by atoms with E-state index < -0.39 is 29.6 Å². The van der Waals surface area contributed by atoms with Crippen molar-refractivity contribution in [1.82, 2.24) is 10.2 Å². The molecule has 2 aromatic carbocycles. The van der Waals surface area contributed by atoms with Crippen molar-refractivity contribution in [3.8, 4) is 11.1 Å². The minimum atomic E-state index is -1.33. The van der Waals surface area contributed by atoms with E-state index in [1.165, 1.54) is 5.56 Å². The molecule has 3 rings (SSSR count). The lowest BCUT2D eigenvalue weighted by atomic mass is 9.98. The molecule has 1 aliphatic heterocycles. The molecule has 1 aliphatic rings. The molecule has 2 atom stereocenters. The highest BCUT2D eigenvalue weighted by atomic mass is 35.5. The van der Waals surface area contributed by atoms with Crippen molar-refractivity contribution < 1.29 is 19.4 Å². The van der Waals surface area contributed by atoms with Gasteiger partial charge >= 0.3 is 0 Å². The second-order valence-electron chi connectivity index (χ2n) is 7.18. The number of carbonyl (C=O) groups is 1. The molecule has 8 heteroatoms. The molecular formula is C21H23Cl2FN2O3. The fraction of sp³-hybridized carbons (Fsp3) is 0.381. The van der Waals surface area contributed by atoms with Crippen LogP contribution in [0.3, 0.4) is 0 Å². The number of alkyl halides is 3. The normalized spacial score (nSPS) is 17.0. The largest absolute Gasteiger partial charge is 0.390 e. The molecule has 1 saturated heterocycles. The number of nitrogens with one attached hydrogen (secondary N) is 1. The van der Waals surface area contributed by atoms with Gasteiger partial charge in [0.25, 0.3) is 5.91 Å². The standard InChI is InChI=1S/C21H23Cl2FN2O3/c22-20(23)21(29)25-18(9-24)19(28)16-7-5-15(6-8-16)14-3-1-13(2-4-14)10-26-11-17(27)12-26/h1-8,17-20,27-28H,9-12H2,(H,25,29). The van der Waals surface area contributed by atoms with Gasteiger partial charge in [0.15, 0.2) is 4.84 Å². The van der Waals surface area contributed by atoms with Crippen LogP contribution in [0, 0.1) is 0 Å². The lowest BCUT2D eigenvalue weighted by Crippen LogP contribution is -2.49. The van der Waals surface area contributed by atoms with Gasteiger partial charge in [-0.25, -0.2) is 4.39 Å². The van der Waals surface area contributed by atoms with Gasteiger partial charge in [0.1, 0.15) is 12.8 Å². The highest BCUT2D eigenvalue weighted by Gasteiger charge is 2.25. The molecule has 5 nitrogen and oxygen atoms in total. The van der Waals surface area contributed by atoms with Crippen LogP contribution in [0.15, 0.2) is 48.5 Å². The molecule has 3 N–H and O–H groups in total. The Labute approximate surface area is 179 Å². The molecule has 2 unspecified atom stereocenters. The maximum atomic E-state index is 13.3. The van der Waals surface area contributed by atoms with Crippen LogP contribution in [-0.4, -0.2) is 57.8 Å². The van der Waals surface area contributed by atoms with Gasteiger partial charge in [0, 0.05) is 19.6 Å². The summed E-state index contributed by atoms with van der Waals surface area (Å²) in [6.07, 6.45) is -1.43. The zero-order valence-corrected chi connectivity index (χ0v) is 17.2. The number of hydrogen-bond donors (Lipinski definition) is 3. The van der Waals surface area contributed by atoms with Crippen molar-refractivity contribution >= 4 is 29.1 Å². The van der Waals surface area contributed by atoms with E-state index in [-0.39, 0.29) is 6.10 Å². The second-order valence-corrected chi connectivity index (χ2v) is 8.28. The predicted molar refractivity (Wildman–Crippen MR) is 112 cm³/mol. The van der Waals surface area contributed by atoms with Crippen molar-refractivity contribution in [3.05, 3.63) is 59.7 Å². The van der Waals surface area contributed by atoms with E-state index in [0.717, 1.165) is 17.7 Å². The number of nitrogens with zero attached hydrogens (tertiary/aromatic N) is 1. The molecule has 2 aromatic rings. The van der Waals surface area contributed by atoms with Crippen molar-refractivity contribution in [2.24, 2.45) is 0 Å². The van der Waals surface area contributed by atoms with Crippen molar-refractivity contribution in [3.63, 3.8) is 0 Å². The number of halogens is 3. The molecule has 0 spiro atoms.